The number of nitrogens with zero attached hydrogens (tertiary/aromatic N) is 2. The van der Waals surface area contributed by atoms with Crippen molar-refractivity contribution in [3.63, 3.8) is 0 Å². The first-order valence-electron chi connectivity index (χ1n) is 7.10. The molecule has 0 spiro atoms. The van der Waals surface area contributed by atoms with Crippen molar-refractivity contribution in [1.82, 2.24) is 15.3 Å². The van der Waals surface area contributed by atoms with Gasteiger partial charge in [0.25, 0.3) is 0 Å². The molecule has 0 saturated heterocycles. The van der Waals surface area contributed by atoms with Gasteiger partial charge in [-0.2, -0.15) is 4.98 Å². The highest BCUT2D eigenvalue weighted by molar-refractivity contribution is 5.34. The monoisotopic (exact) mass is 263 g/mol. The van der Waals surface area contributed by atoms with Crippen LogP contribution in [0.2, 0.25) is 0 Å². The first-order valence-corrected chi connectivity index (χ1v) is 7.10. The molecule has 1 aliphatic carbocycles. The second kappa shape index (κ2) is 5.84. The Hall–Kier alpha value is -1.20. The number of ether oxygens (including phenoxy) is 2. The highest BCUT2D eigenvalue weighted by Gasteiger charge is 2.29. The second-order valence-electron chi connectivity index (χ2n) is 5.18. The number of aromatic nitrogens is 2. The molecule has 1 aromatic rings. The third-order valence-electron chi connectivity index (χ3n) is 3.63. The summed E-state index contributed by atoms with van der Waals surface area (Å²) in [6, 6.07) is 0. The van der Waals surface area contributed by atoms with E-state index < -0.39 is 0 Å². The minimum Gasteiger partial charge on any atom is -0.475 e. The lowest BCUT2D eigenvalue weighted by atomic mass is 10.1. The van der Waals surface area contributed by atoms with Gasteiger partial charge >= 0.3 is 0 Å². The molecule has 5 heteroatoms. The van der Waals surface area contributed by atoms with Gasteiger partial charge in [0.05, 0.1) is 12.3 Å². The molecule has 5 nitrogen and oxygen atoms in total. The number of nitrogens with one attached hydrogen (secondary N) is 1. The van der Waals surface area contributed by atoms with E-state index in [0.29, 0.717) is 19.1 Å². The molecule has 0 bridgehead atoms. The van der Waals surface area contributed by atoms with E-state index >= 15 is 0 Å². The van der Waals surface area contributed by atoms with Gasteiger partial charge < -0.3 is 14.8 Å². The SMILES string of the molecule is COCCOc1nc(C2CC2)nc2c1CCNCC2. The summed E-state index contributed by atoms with van der Waals surface area (Å²) in [6.07, 6.45) is 4.35. The molecule has 1 N–H and O–H groups in total. The standard InChI is InChI=1S/C14H21N3O2/c1-18-8-9-19-14-11-4-6-15-7-5-12(11)16-13(17-14)10-2-3-10/h10,15H,2-9H2,1H3. The van der Waals surface area contributed by atoms with Crippen LogP contribution in [0.5, 0.6) is 5.88 Å². The van der Waals surface area contributed by atoms with E-state index in [2.05, 4.69) is 10.3 Å². The third kappa shape index (κ3) is 3.04. The van der Waals surface area contributed by atoms with Gasteiger partial charge in [-0.3, -0.25) is 0 Å². The average molecular weight is 263 g/mol. The summed E-state index contributed by atoms with van der Waals surface area (Å²) >= 11 is 0. The van der Waals surface area contributed by atoms with Gasteiger partial charge in [0.2, 0.25) is 5.88 Å². The van der Waals surface area contributed by atoms with Gasteiger partial charge in [-0.1, -0.05) is 0 Å². The van der Waals surface area contributed by atoms with Crippen molar-refractivity contribution in [2.24, 2.45) is 0 Å². The van der Waals surface area contributed by atoms with Crippen molar-refractivity contribution in [3.05, 3.63) is 17.1 Å². The molecule has 2 heterocycles. The Morgan fingerprint density at radius 2 is 2.00 bits per heavy atom. The summed E-state index contributed by atoms with van der Waals surface area (Å²) in [5.41, 5.74) is 2.36. The van der Waals surface area contributed by atoms with E-state index in [4.69, 9.17) is 14.5 Å². The lowest BCUT2D eigenvalue weighted by Crippen LogP contribution is -2.16. The highest BCUT2D eigenvalue weighted by Crippen LogP contribution is 2.39. The fourth-order valence-corrected chi connectivity index (χ4v) is 2.39. The molecule has 1 aromatic heterocycles. The van der Waals surface area contributed by atoms with Crippen LogP contribution in [0, 0.1) is 0 Å². The molecule has 0 unspecified atom stereocenters. The van der Waals surface area contributed by atoms with Gasteiger partial charge in [0.15, 0.2) is 0 Å². The zero-order chi connectivity index (χ0) is 13.1. The normalized spacial score (nSPS) is 18.8. The zero-order valence-corrected chi connectivity index (χ0v) is 11.4. The lowest BCUT2D eigenvalue weighted by Gasteiger charge is -2.13. The second-order valence-corrected chi connectivity index (χ2v) is 5.18. The van der Waals surface area contributed by atoms with E-state index in [1.807, 2.05) is 0 Å². The summed E-state index contributed by atoms with van der Waals surface area (Å²) in [4.78, 5) is 9.41. The van der Waals surface area contributed by atoms with E-state index in [0.717, 1.165) is 37.6 Å². The van der Waals surface area contributed by atoms with Gasteiger partial charge in [-0.15, -0.1) is 0 Å². The molecule has 0 aromatic carbocycles. The topological polar surface area (TPSA) is 56.3 Å². The predicted octanol–water partition coefficient (Wildman–Crippen LogP) is 1.07. The summed E-state index contributed by atoms with van der Waals surface area (Å²) in [7, 11) is 1.68. The molecule has 1 aliphatic heterocycles. The van der Waals surface area contributed by atoms with Crippen LogP contribution in [0.4, 0.5) is 0 Å². The minimum atomic E-state index is 0.553. The Kier molecular flexibility index (Phi) is 3.94. The molecule has 1 saturated carbocycles. The fourth-order valence-electron chi connectivity index (χ4n) is 2.39. The van der Waals surface area contributed by atoms with Gasteiger partial charge in [0.1, 0.15) is 12.4 Å². The van der Waals surface area contributed by atoms with Crippen LogP contribution in [0.1, 0.15) is 35.8 Å². The van der Waals surface area contributed by atoms with E-state index in [9.17, 15) is 0 Å². The van der Waals surface area contributed by atoms with Gasteiger partial charge in [-0.05, 0) is 25.8 Å². The molecule has 0 atom stereocenters. The average Bonchev–Trinajstić information content (AvgIpc) is 3.25. The van der Waals surface area contributed by atoms with E-state index in [1.165, 1.54) is 24.1 Å². The highest BCUT2D eigenvalue weighted by atomic mass is 16.5. The smallest absolute Gasteiger partial charge is 0.220 e. The number of hydrogen-bond donors (Lipinski definition) is 1. The van der Waals surface area contributed by atoms with Crippen LogP contribution in [0.15, 0.2) is 0 Å². The Labute approximate surface area is 113 Å². The Balaban J connectivity index is 1.87. The molecule has 2 aliphatic rings. The van der Waals surface area contributed by atoms with E-state index in [1.54, 1.807) is 7.11 Å². The van der Waals surface area contributed by atoms with Crippen LogP contribution in [0.25, 0.3) is 0 Å². The van der Waals surface area contributed by atoms with Crippen molar-refractivity contribution >= 4 is 0 Å². The van der Waals surface area contributed by atoms with Crippen molar-refractivity contribution < 1.29 is 9.47 Å². The Morgan fingerprint density at radius 3 is 2.79 bits per heavy atom. The predicted molar refractivity (Wildman–Crippen MR) is 71.7 cm³/mol. The lowest BCUT2D eigenvalue weighted by molar-refractivity contribution is 0.142. The number of rotatable bonds is 5. The van der Waals surface area contributed by atoms with Crippen LogP contribution >= 0.6 is 0 Å². The zero-order valence-electron chi connectivity index (χ0n) is 11.4. The Morgan fingerprint density at radius 1 is 1.16 bits per heavy atom. The van der Waals surface area contributed by atoms with Crippen LogP contribution in [-0.4, -0.2) is 43.4 Å². The number of methoxy groups -OCH3 is 1. The van der Waals surface area contributed by atoms with Crippen molar-refractivity contribution in [1.29, 1.82) is 0 Å². The van der Waals surface area contributed by atoms with Gasteiger partial charge in [0, 0.05) is 31.6 Å². The minimum absolute atomic E-state index is 0.553. The third-order valence-corrected chi connectivity index (χ3v) is 3.63. The molecule has 0 amide bonds. The maximum atomic E-state index is 5.82. The molecule has 19 heavy (non-hydrogen) atoms. The van der Waals surface area contributed by atoms with Crippen molar-refractivity contribution in [2.45, 2.75) is 31.6 Å². The maximum Gasteiger partial charge on any atom is 0.220 e. The number of hydrogen-bond acceptors (Lipinski definition) is 5. The van der Waals surface area contributed by atoms with Crippen molar-refractivity contribution in [3.8, 4) is 5.88 Å². The largest absolute Gasteiger partial charge is 0.475 e. The first-order chi connectivity index (χ1) is 9.38. The van der Waals surface area contributed by atoms with Gasteiger partial charge in [-0.25, -0.2) is 4.98 Å². The van der Waals surface area contributed by atoms with Crippen LogP contribution < -0.4 is 10.1 Å². The van der Waals surface area contributed by atoms with Crippen molar-refractivity contribution in [2.75, 3.05) is 33.4 Å². The molecular weight excluding hydrogens is 242 g/mol. The maximum absolute atomic E-state index is 5.82. The van der Waals surface area contributed by atoms with E-state index in [-0.39, 0.29) is 0 Å². The first kappa shape index (κ1) is 12.8. The van der Waals surface area contributed by atoms with Crippen LogP contribution in [0.3, 0.4) is 0 Å². The summed E-state index contributed by atoms with van der Waals surface area (Å²) in [6.45, 7) is 3.11. The summed E-state index contributed by atoms with van der Waals surface area (Å²) in [5, 5.41) is 3.40. The molecule has 1 fully saturated rings. The molecule has 104 valence electrons. The quantitative estimate of drug-likeness (QED) is 0.805. The summed E-state index contributed by atoms with van der Waals surface area (Å²) < 4.78 is 10.9. The van der Waals surface area contributed by atoms with Crippen LogP contribution in [-0.2, 0) is 17.6 Å². The number of fused-ring (bicyclic) bond motifs is 1. The molecule has 0 radical (unpaired) electrons. The fraction of sp³-hybridized carbons (Fsp3) is 0.714. The summed E-state index contributed by atoms with van der Waals surface area (Å²) in [5.74, 6) is 2.33. The molecule has 3 rings (SSSR count). The Bertz CT molecular complexity index is 447. The molecular formula is C14H21N3O2.